The molecule has 0 spiro atoms. The van der Waals surface area contributed by atoms with Gasteiger partial charge >= 0.3 is 12.3 Å². The maximum atomic E-state index is 11.7. The average molecular weight is 475 g/mol. The van der Waals surface area contributed by atoms with Crippen LogP contribution in [0.5, 0.6) is 0 Å². The van der Waals surface area contributed by atoms with Crippen LogP contribution in [0.2, 0.25) is 0 Å². The van der Waals surface area contributed by atoms with Gasteiger partial charge in [-0.25, -0.2) is 9.59 Å². The molecule has 0 unspecified atom stereocenters. The zero-order valence-electron chi connectivity index (χ0n) is 20.3. The molecule has 34 heavy (non-hydrogen) atoms. The van der Waals surface area contributed by atoms with Crippen molar-refractivity contribution in [3.8, 4) is 0 Å². The molecular weight excluding hydrogens is 440 g/mol. The Bertz CT molecular complexity index is 791. The number of carbonyl (C=O) groups is 2. The lowest BCUT2D eigenvalue weighted by Gasteiger charge is -2.22. The summed E-state index contributed by atoms with van der Waals surface area (Å²) in [6.45, 7) is 7.60. The summed E-state index contributed by atoms with van der Waals surface area (Å²) in [5.41, 5.74) is 0.175. The molecule has 0 aliphatic rings. The van der Waals surface area contributed by atoms with Crippen molar-refractivity contribution in [1.29, 1.82) is 0 Å². The highest BCUT2D eigenvalue weighted by Crippen LogP contribution is 2.25. The zero-order chi connectivity index (χ0) is 24.9. The summed E-state index contributed by atoms with van der Waals surface area (Å²) < 4.78 is 10.0. The lowest BCUT2D eigenvalue weighted by molar-refractivity contribution is -0.322. The first-order valence-electron chi connectivity index (χ1n) is 11.4. The monoisotopic (exact) mass is 474 g/mol. The summed E-state index contributed by atoms with van der Waals surface area (Å²) in [4.78, 5) is 43.4. The molecule has 2 aromatic rings. The van der Waals surface area contributed by atoms with Gasteiger partial charge in [-0.05, 0) is 64.5 Å². The van der Waals surface area contributed by atoms with E-state index in [1.807, 2.05) is 60.7 Å². The largest absolute Gasteiger partial charge is 0.540 e. The fraction of sp³-hybridized carbons (Fsp3) is 0.462. The standard InChI is InChI=1S/C26H34O8/c1-25(2,21-15-9-7-10-16-21)33-31-23(27)29-19-13-5-6-14-20-30-24(28)32-34-26(3,4)22-17-11-8-12-18-22/h7-12,15-18H,5-6,13-14,19-20H2,1-4H3. The second kappa shape index (κ2) is 13.6. The van der Waals surface area contributed by atoms with Gasteiger partial charge in [0.15, 0.2) is 0 Å². The molecule has 0 aliphatic heterocycles. The van der Waals surface area contributed by atoms with E-state index in [0.717, 1.165) is 24.0 Å². The molecule has 0 fully saturated rings. The first-order valence-corrected chi connectivity index (χ1v) is 11.4. The second-order valence-corrected chi connectivity index (χ2v) is 8.70. The number of rotatable bonds is 13. The van der Waals surface area contributed by atoms with Crippen molar-refractivity contribution < 1.29 is 38.6 Å². The van der Waals surface area contributed by atoms with Crippen molar-refractivity contribution in [3.63, 3.8) is 0 Å². The van der Waals surface area contributed by atoms with Crippen LogP contribution in [-0.2, 0) is 40.2 Å². The maximum Gasteiger partial charge on any atom is 0.540 e. The number of carbonyl (C=O) groups excluding carboxylic acids is 2. The Morgan fingerprint density at radius 2 is 0.941 bits per heavy atom. The first-order chi connectivity index (χ1) is 16.2. The summed E-state index contributed by atoms with van der Waals surface area (Å²) in [7, 11) is 0. The minimum atomic E-state index is -0.881. The van der Waals surface area contributed by atoms with E-state index in [1.165, 1.54) is 0 Å². The third-order valence-electron chi connectivity index (χ3n) is 5.05. The van der Waals surface area contributed by atoms with Gasteiger partial charge in [0.1, 0.15) is 11.2 Å². The molecule has 186 valence electrons. The van der Waals surface area contributed by atoms with E-state index in [2.05, 4.69) is 0 Å². The van der Waals surface area contributed by atoms with Gasteiger partial charge in [-0.1, -0.05) is 60.7 Å². The first kappa shape index (κ1) is 27.1. The van der Waals surface area contributed by atoms with Gasteiger partial charge in [-0.2, -0.15) is 9.78 Å². The van der Waals surface area contributed by atoms with Crippen molar-refractivity contribution in [2.45, 2.75) is 64.6 Å². The van der Waals surface area contributed by atoms with Crippen LogP contribution in [0.1, 0.15) is 64.5 Å². The molecule has 0 saturated carbocycles. The molecule has 0 aliphatic carbocycles. The molecule has 0 aromatic heterocycles. The van der Waals surface area contributed by atoms with Crippen molar-refractivity contribution in [2.75, 3.05) is 13.2 Å². The number of benzene rings is 2. The van der Waals surface area contributed by atoms with Crippen LogP contribution in [0.25, 0.3) is 0 Å². The van der Waals surface area contributed by atoms with Gasteiger partial charge in [-0.15, -0.1) is 0 Å². The molecule has 0 amide bonds. The summed E-state index contributed by atoms with van der Waals surface area (Å²) in [5.74, 6) is 0. The Labute approximate surface area is 200 Å². The number of hydrogen-bond donors (Lipinski definition) is 0. The lowest BCUT2D eigenvalue weighted by atomic mass is 9.99. The lowest BCUT2D eigenvalue weighted by Crippen LogP contribution is -2.24. The molecule has 0 N–H and O–H groups in total. The van der Waals surface area contributed by atoms with E-state index in [-0.39, 0.29) is 13.2 Å². The molecular formula is C26H34O8. The molecule has 2 rings (SSSR count). The predicted octanol–water partition coefficient (Wildman–Crippen LogP) is 6.59. The summed E-state index contributed by atoms with van der Waals surface area (Å²) in [6.07, 6.45) is 1.12. The zero-order valence-corrected chi connectivity index (χ0v) is 20.3. The average Bonchev–Trinajstić information content (AvgIpc) is 2.84. The summed E-state index contributed by atoms with van der Waals surface area (Å²) in [5, 5.41) is 0. The Morgan fingerprint density at radius 1 is 0.588 bits per heavy atom. The Hall–Kier alpha value is -3.10. The normalized spacial score (nSPS) is 11.5. The number of ether oxygens (including phenoxy) is 2. The quantitative estimate of drug-likeness (QED) is 0.139. The number of hydrogen-bond acceptors (Lipinski definition) is 8. The fourth-order valence-electron chi connectivity index (χ4n) is 2.97. The Balaban J connectivity index is 1.48. The van der Waals surface area contributed by atoms with Gasteiger partial charge in [0, 0.05) is 0 Å². The highest BCUT2D eigenvalue weighted by atomic mass is 17.2. The molecule has 8 heteroatoms. The molecule has 0 saturated heterocycles. The fourth-order valence-corrected chi connectivity index (χ4v) is 2.97. The van der Waals surface area contributed by atoms with Gasteiger partial charge in [-0.3, -0.25) is 9.78 Å². The molecule has 0 atom stereocenters. The van der Waals surface area contributed by atoms with Crippen LogP contribution in [0.15, 0.2) is 60.7 Å². The topological polar surface area (TPSA) is 89.5 Å². The van der Waals surface area contributed by atoms with E-state index in [4.69, 9.17) is 29.0 Å². The van der Waals surface area contributed by atoms with E-state index in [0.29, 0.717) is 12.8 Å². The van der Waals surface area contributed by atoms with Crippen LogP contribution >= 0.6 is 0 Å². The summed E-state index contributed by atoms with van der Waals surface area (Å²) >= 11 is 0. The molecule has 0 heterocycles. The molecule has 2 aromatic carbocycles. The third-order valence-corrected chi connectivity index (χ3v) is 5.05. The second-order valence-electron chi connectivity index (χ2n) is 8.70. The van der Waals surface area contributed by atoms with Crippen LogP contribution in [0.4, 0.5) is 9.59 Å². The third kappa shape index (κ3) is 9.80. The predicted molar refractivity (Wildman–Crippen MR) is 124 cm³/mol. The van der Waals surface area contributed by atoms with E-state index in [9.17, 15) is 9.59 Å². The van der Waals surface area contributed by atoms with E-state index in [1.54, 1.807) is 27.7 Å². The highest BCUT2D eigenvalue weighted by molar-refractivity contribution is 5.59. The van der Waals surface area contributed by atoms with Crippen molar-refractivity contribution in [1.82, 2.24) is 0 Å². The molecule has 8 nitrogen and oxygen atoms in total. The van der Waals surface area contributed by atoms with Gasteiger partial charge in [0.05, 0.1) is 13.2 Å². The molecule has 0 bridgehead atoms. The van der Waals surface area contributed by atoms with Crippen LogP contribution in [0.3, 0.4) is 0 Å². The van der Waals surface area contributed by atoms with E-state index < -0.39 is 23.5 Å². The van der Waals surface area contributed by atoms with Crippen molar-refractivity contribution >= 4 is 12.3 Å². The van der Waals surface area contributed by atoms with Gasteiger partial charge < -0.3 is 9.47 Å². The van der Waals surface area contributed by atoms with E-state index >= 15 is 0 Å². The molecule has 0 radical (unpaired) electrons. The van der Waals surface area contributed by atoms with Crippen LogP contribution < -0.4 is 0 Å². The van der Waals surface area contributed by atoms with Gasteiger partial charge in [0.2, 0.25) is 0 Å². The SMILES string of the molecule is CC(C)(OOC(=O)OCCCCCCOC(=O)OOC(C)(C)c1ccccc1)c1ccccc1. The minimum absolute atomic E-state index is 0.208. The highest BCUT2D eigenvalue weighted by Gasteiger charge is 2.26. The smallest absolute Gasteiger partial charge is 0.432 e. The van der Waals surface area contributed by atoms with Crippen molar-refractivity contribution in [2.24, 2.45) is 0 Å². The number of unbranched alkanes of at least 4 members (excludes halogenated alkanes) is 3. The maximum absolute atomic E-state index is 11.7. The van der Waals surface area contributed by atoms with Gasteiger partial charge in [0.25, 0.3) is 0 Å². The van der Waals surface area contributed by atoms with Crippen LogP contribution in [0, 0.1) is 0 Å². The minimum Gasteiger partial charge on any atom is -0.432 e. The Kier molecular flexibility index (Phi) is 10.8. The summed E-state index contributed by atoms with van der Waals surface area (Å²) in [6, 6.07) is 18.9. The van der Waals surface area contributed by atoms with Crippen molar-refractivity contribution in [3.05, 3.63) is 71.8 Å². The van der Waals surface area contributed by atoms with Crippen LogP contribution in [-0.4, -0.2) is 25.5 Å². The Morgan fingerprint density at radius 3 is 1.29 bits per heavy atom.